The Labute approximate surface area is 206 Å². The number of fused-ring (bicyclic) bond motifs is 4. The van der Waals surface area contributed by atoms with Crippen LogP contribution in [0.25, 0.3) is 0 Å². The molecule has 0 saturated carbocycles. The van der Waals surface area contributed by atoms with Crippen molar-refractivity contribution in [2.75, 3.05) is 45.3 Å². The van der Waals surface area contributed by atoms with E-state index in [1.165, 1.54) is 0 Å². The van der Waals surface area contributed by atoms with Gasteiger partial charge >= 0.3 is 0 Å². The van der Waals surface area contributed by atoms with E-state index in [4.69, 9.17) is 9.47 Å². The fourth-order valence-electron chi connectivity index (χ4n) is 6.06. The minimum atomic E-state index is -0.112. The molecule has 3 atom stereocenters. The molecule has 1 aromatic heterocycles. The fraction of sp³-hybridized carbons (Fsp3) is 0.519. The van der Waals surface area contributed by atoms with E-state index >= 15 is 0 Å². The number of hydrogen-bond donors (Lipinski definition) is 1. The molecule has 8 nitrogen and oxygen atoms in total. The summed E-state index contributed by atoms with van der Waals surface area (Å²) in [5.41, 5.74) is 1.67. The Morgan fingerprint density at radius 1 is 1.14 bits per heavy atom. The number of anilines is 1. The summed E-state index contributed by atoms with van der Waals surface area (Å²) in [6.45, 7) is 3.01. The van der Waals surface area contributed by atoms with Crippen molar-refractivity contribution in [3.8, 4) is 11.5 Å². The van der Waals surface area contributed by atoms with Crippen molar-refractivity contribution in [3.63, 3.8) is 0 Å². The van der Waals surface area contributed by atoms with Gasteiger partial charge in [0.25, 0.3) is 5.91 Å². The van der Waals surface area contributed by atoms with E-state index in [1.807, 2.05) is 30.3 Å². The predicted octanol–water partition coefficient (Wildman–Crippen LogP) is 2.91. The monoisotopic (exact) mass is 478 g/mol. The number of rotatable bonds is 7. The Morgan fingerprint density at radius 2 is 2.00 bits per heavy atom. The lowest BCUT2D eigenvalue weighted by molar-refractivity contribution is -0.142. The molecule has 8 heteroatoms. The first kappa shape index (κ1) is 23.5. The normalized spacial score (nSPS) is 23.5. The number of pyridine rings is 1. The number of ether oxygens (including phenoxy) is 2. The summed E-state index contributed by atoms with van der Waals surface area (Å²) < 4.78 is 10.7. The Bertz CT molecular complexity index is 1090. The van der Waals surface area contributed by atoms with Crippen LogP contribution in [0.4, 0.5) is 5.82 Å². The van der Waals surface area contributed by atoms with E-state index in [9.17, 15) is 9.59 Å². The molecule has 4 heterocycles. The topological polar surface area (TPSA) is 84.0 Å². The van der Waals surface area contributed by atoms with Gasteiger partial charge in [-0.1, -0.05) is 6.07 Å². The molecule has 3 aliphatic heterocycles. The van der Waals surface area contributed by atoms with E-state index in [0.29, 0.717) is 60.2 Å². The summed E-state index contributed by atoms with van der Waals surface area (Å²) >= 11 is 0. The van der Waals surface area contributed by atoms with Crippen LogP contribution in [0.5, 0.6) is 11.5 Å². The third-order valence-electron chi connectivity index (χ3n) is 7.66. The summed E-state index contributed by atoms with van der Waals surface area (Å²) in [7, 11) is 3.23. The van der Waals surface area contributed by atoms with Crippen molar-refractivity contribution in [3.05, 3.63) is 47.7 Å². The number of nitrogens with zero attached hydrogens (tertiary/aromatic N) is 3. The van der Waals surface area contributed by atoms with Gasteiger partial charge < -0.3 is 24.6 Å². The zero-order chi connectivity index (χ0) is 24.4. The van der Waals surface area contributed by atoms with Gasteiger partial charge in [0, 0.05) is 44.8 Å². The van der Waals surface area contributed by atoms with E-state index < -0.39 is 0 Å². The summed E-state index contributed by atoms with van der Waals surface area (Å²) in [6, 6.07) is 9.80. The average Bonchev–Trinajstić information content (AvgIpc) is 2.89. The third-order valence-corrected chi connectivity index (χ3v) is 7.66. The van der Waals surface area contributed by atoms with Crippen LogP contribution in [0, 0.1) is 11.8 Å². The van der Waals surface area contributed by atoms with E-state index in [0.717, 1.165) is 50.3 Å². The highest BCUT2D eigenvalue weighted by Gasteiger charge is 2.44. The average molecular weight is 479 g/mol. The number of benzene rings is 1. The van der Waals surface area contributed by atoms with Gasteiger partial charge in [-0.05, 0) is 67.3 Å². The first-order valence-corrected chi connectivity index (χ1v) is 12.6. The maximum absolute atomic E-state index is 13.2. The van der Waals surface area contributed by atoms with Crippen LogP contribution in [0.2, 0.25) is 0 Å². The highest BCUT2D eigenvalue weighted by Crippen LogP contribution is 2.39. The second-order valence-electron chi connectivity index (χ2n) is 9.84. The quantitative estimate of drug-likeness (QED) is 0.659. The van der Waals surface area contributed by atoms with Gasteiger partial charge in [-0.25, -0.2) is 4.98 Å². The second-order valence-corrected chi connectivity index (χ2v) is 9.84. The van der Waals surface area contributed by atoms with Crippen molar-refractivity contribution in [2.45, 2.75) is 38.1 Å². The molecule has 1 N–H and O–H groups in total. The predicted molar refractivity (Wildman–Crippen MR) is 133 cm³/mol. The van der Waals surface area contributed by atoms with Gasteiger partial charge in [0.2, 0.25) is 5.91 Å². The molecule has 1 aromatic carbocycles. The largest absolute Gasteiger partial charge is 0.493 e. The van der Waals surface area contributed by atoms with Crippen LogP contribution in [0.1, 0.15) is 41.6 Å². The molecule has 2 aromatic rings. The van der Waals surface area contributed by atoms with Crippen LogP contribution in [-0.4, -0.2) is 68.1 Å². The van der Waals surface area contributed by atoms with E-state index in [1.54, 1.807) is 20.4 Å². The smallest absolute Gasteiger partial charge is 0.255 e. The van der Waals surface area contributed by atoms with Gasteiger partial charge in [-0.2, -0.15) is 0 Å². The molecule has 2 bridgehead atoms. The zero-order valence-electron chi connectivity index (χ0n) is 20.5. The van der Waals surface area contributed by atoms with Gasteiger partial charge in [0.15, 0.2) is 11.5 Å². The number of carbonyl (C=O) groups excluding carboxylic acids is 2. The highest BCUT2D eigenvalue weighted by atomic mass is 16.5. The number of piperidine rings is 3. The summed E-state index contributed by atoms with van der Waals surface area (Å²) in [5.74, 6) is 3.19. The van der Waals surface area contributed by atoms with Gasteiger partial charge in [-0.15, -0.1) is 0 Å². The lowest BCUT2D eigenvalue weighted by Crippen LogP contribution is -2.60. The van der Waals surface area contributed by atoms with Crippen molar-refractivity contribution >= 4 is 17.6 Å². The summed E-state index contributed by atoms with van der Waals surface area (Å²) in [5, 5.41) is 3.06. The van der Waals surface area contributed by atoms with Gasteiger partial charge in [0.05, 0.1) is 19.8 Å². The molecule has 35 heavy (non-hydrogen) atoms. The maximum Gasteiger partial charge on any atom is 0.255 e. The molecule has 2 unspecified atom stereocenters. The number of carbonyl (C=O) groups is 2. The van der Waals surface area contributed by atoms with Crippen LogP contribution in [0.3, 0.4) is 0 Å². The molecule has 0 aliphatic carbocycles. The number of aromatic nitrogens is 1. The van der Waals surface area contributed by atoms with Crippen LogP contribution in [0.15, 0.2) is 36.5 Å². The van der Waals surface area contributed by atoms with Crippen LogP contribution in [-0.2, 0) is 11.2 Å². The number of amides is 2. The van der Waals surface area contributed by atoms with Crippen molar-refractivity contribution in [2.24, 2.45) is 11.8 Å². The van der Waals surface area contributed by atoms with Crippen LogP contribution >= 0.6 is 0 Å². The molecule has 3 aliphatic rings. The molecule has 186 valence electrons. The minimum absolute atomic E-state index is 0.112. The minimum Gasteiger partial charge on any atom is -0.493 e. The molecular weight excluding hydrogens is 444 g/mol. The zero-order valence-corrected chi connectivity index (χ0v) is 20.5. The van der Waals surface area contributed by atoms with Crippen molar-refractivity contribution in [1.82, 2.24) is 15.2 Å². The SMILES string of the molecule is COc1ccc(CCNC(=O)c2cccnc2N2CC3CC(C2)[C@H]2CCCC(=O)N2C3)cc1OC. The molecule has 5 rings (SSSR count). The van der Waals surface area contributed by atoms with Gasteiger partial charge in [-0.3, -0.25) is 9.59 Å². The maximum atomic E-state index is 13.2. The first-order valence-electron chi connectivity index (χ1n) is 12.6. The van der Waals surface area contributed by atoms with E-state index in [2.05, 4.69) is 20.1 Å². The molecule has 2 amide bonds. The summed E-state index contributed by atoms with van der Waals surface area (Å²) in [6.07, 6.45) is 6.36. The molecular formula is C27H34N4O4. The number of nitrogens with one attached hydrogen (secondary N) is 1. The third kappa shape index (κ3) is 4.79. The van der Waals surface area contributed by atoms with Crippen LogP contribution < -0.4 is 19.7 Å². The lowest BCUT2D eigenvalue weighted by Gasteiger charge is -2.52. The Balaban J connectivity index is 1.25. The first-order chi connectivity index (χ1) is 17.1. The Kier molecular flexibility index (Phi) is 6.79. The molecule has 0 radical (unpaired) electrons. The molecule has 3 fully saturated rings. The second kappa shape index (κ2) is 10.1. The molecule has 3 saturated heterocycles. The summed E-state index contributed by atoms with van der Waals surface area (Å²) in [4.78, 5) is 34.7. The fourth-order valence-corrected chi connectivity index (χ4v) is 6.06. The standard InChI is InChI=1S/C27H34N4O4/c1-34-23-9-8-18(14-24(23)35-2)10-12-29-27(33)21-5-4-11-28-26(21)30-15-19-13-20(17-30)22-6-3-7-25(32)31(22)16-19/h4-5,8-9,11,14,19-20,22H,3,6-7,10,12-13,15-17H2,1-2H3,(H,29,33)/t19?,20?,22-/m1/s1. The van der Waals surface area contributed by atoms with Crippen molar-refractivity contribution in [1.29, 1.82) is 0 Å². The number of methoxy groups -OCH3 is 2. The Morgan fingerprint density at radius 3 is 2.83 bits per heavy atom. The Hall–Kier alpha value is -3.29. The number of hydrogen-bond acceptors (Lipinski definition) is 6. The molecule has 0 spiro atoms. The van der Waals surface area contributed by atoms with Crippen molar-refractivity contribution < 1.29 is 19.1 Å². The highest BCUT2D eigenvalue weighted by molar-refractivity contribution is 5.98. The lowest BCUT2D eigenvalue weighted by atomic mass is 9.76. The van der Waals surface area contributed by atoms with E-state index in [-0.39, 0.29) is 5.91 Å². The van der Waals surface area contributed by atoms with Gasteiger partial charge in [0.1, 0.15) is 5.82 Å².